The van der Waals surface area contributed by atoms with Gasteiger partial charge < -0.3 is 18.6 Å². The summed E-state index contributed by atoms with van der Waals surface area (Å²) in [5.41, 5.74) is 20.7. The minimum Gasteiger partial charge on any atom is -0.456 e. The average Bonchev–Trinajstić information content (AvgIpc) is 3.97. The highest BCUT2D eigenvalue weighted by Crippen LogP contribution is 2.52. The second-order valence-electron chi connectivity index (χ2n) is 18.2. The van der Waals surface area contributed by atoms with Gasteiger partial charge in [-0.05, 0) is 75.9 Å². The number of nitrogens with zero attached hydrogens (tertiary/aromatic N) is 2. The van der Waals surface area contributed by atoms with Gasteiger partial charge in [0.05, 0.1) is 5.69 Å². The lowest BCUT2D eigenvalue weighted by atomic mass is 9.31. The van der Waals surface area contributed by atoms with E-state index >= 15 is 0 Å². The van der Waals surface area contributed by atoms with Crippen LogP contribution in [-0.2, 0) is 0 Å². The molecule has 0 saturated carbocycles. The van der Waals surface area contributed by atoms with Gasteiger partial charge in [-0.3, -0.25) is 0 Å². The Balaban J connectivity index is 1.07. The zero-order chi connectivity index (χ0) is 44.2. The summed E-state index contributed by atoms with van der Waals surface area (Å²) in [4.78, 5) is 10.2. The van der Waals surface area contributed by atoms with Crippen molar-refractivity contribution in [3.8, 4) is 11.1 Å². The molecule has 0 spiro atoms. The Labute approximate surface area is 401 Å². The van der Waals surface area contributed by atoms with Crippen LogP contribution >= 0.6 is 23.5 Å². The number of anilines is 6. The standard InChI is InChI=1S/C60H34B2N2O2S2/c1-3-17-35(18-4-1)37-21-7-12-26-44(37)64-46-32-45-42(31-43(46)62-41-25-11-16-30-54(41)68-60-56-39-23-9-14-28-50(39)66-52(56)34-48(64)58(60)62)61-40-24-10-15-29-53(40)67-59-55-38-22-8-13-27-49(38)65-51(55)33-47(57(59)61)63(45)36-19-5-2-6-20-36/h1-34H. The predicted octanol–water partition coefficient (Wildman–Crippen LogP) is 12.7. The summed E-state index contributed by atoms with van der Waals surface area (Å²) in [6.45, 7) is -0.0781. The molecule has 2 aromatic heterocycles. The van der Waals surface area contributed by atoms with Gasteiger partial charge in [-0.15, -0.1) is 0 Å². The lowest BCUT2D eigenvalue weighted by Gasteiger charge is -2.44. The molecule has 6 heterocycles. The summed E-state index contributed by atoms with van der Waals surface area (Å²) in [5.74, 6) is 0. The van der Waals surface area contributed by atoms with Crippen LogP contribution in [0, 0.1) is 0 Å². The van der Waals surface area contributed by atoms with E-state index in [0.717, 1.165) is 72.8 Å². The molecule has 16 rings (SSSR count). The van der Waals surface area contributed by atoms with Crippen LogP contribution in [-0.4, -0.2) is 13.4 Å². The number of hydrogen-bond acceptors (Lipinski definition) is 6. The third-order valence-electron chi connectivity index (χ3n) is 14.7. The maximum absolute atomic E-state index is 6.88. The first kappa shape index (κ1) is 37.3. The van der Waals surface area contributed by atoms with Gasteiger partial charge in [-0.25, -0.2) is 0 Å². The third-order valence-corrected chi connectivity index (χ3v) is 17.2. The zero-order valence-electron chi connectivity index (χ0n) is 36.3. The first-order chi connectivity index (χ1) is 33.7. The molecule has 4 aliphatic rings. The first-order valence-electron chi connectivity index (χ1n) is 23.2. The molecule has 68 heavy (non-hydrogen) atoms. The van der Waals surface area contributed by atoms with Gasteiger partial charge in [-0.2, -0.15) is 0 Å². The van der Waals surface area contributed by atoms with Crippen LogP contribution in [0.2, 0.25) is 0 Å². The van der Waals surface area contributed by atoms with E-state index in [9.17, 15) is 0 Å². The van der Waals surface area contributed by atoms with E-state index in [0.29, 0.717) is 0 Å². The van der Waals surface area contributed by atoms with Crippen LogP contribution in [0.25, 0.3) is 55.0 Å². The lowest BCUT2D eigenvalue weighted by molar-refractivity contribution is 0.668. The summed E-state index contributed by atoms with van der Waals surface area (Å²) in [6.07, 6.45) is 0. The molecule has 0 fully saturated rings. The Morgan fingerprint density at radius 3 is 1.46 bits per heavy atom. The van der Waals surface area contributed by atoms with Crippen molar-refractivity contribution in [3.05, 3.63) is 206 Å². The van der Waals surface area contributed by atoms with Crippen LogP contribution in [0.3, 0.4) is 0 Å². The lowest BCUT2D eigenvalue weighted by Crippen LogP contribution is -2.64. The Morgan fingerprint density at radius 2 is 0.838 bits per heavy atom. The molecule has 0 atom stereocenters. The molecule has 0 bridgehead atoms. The second kappa shape index (κ2) is 13.9. The topological polar surface area (TPSA) is 32.8 Å². The Hall–Kier alpha value is -7.77. The zero-order valence-corrected chi connectivity index (χ0v) is 37.9. The van der Waals surface area contributed by atoms with Crippen LogP contribution in [0.1, 0.15) is 0 Å². The maximum atomic E-state index is 6.88. The molecule has 0 saturated heterocycles. The van der Waals surface area contributed by atoms with E-state index in [-0.39, 0.29) is 13.4 Å². The monoisotopic (exact) mass is 900 g/mol. The van der Waals surface area contributed by atoms with Gasteiger partial charge in [-0.1, -0.05) is 180 Å². The van der Waals surface area contributed by atoms with Gasteiger partial charge in [0.25, 0.3) is 0 Å². The maximum Gasteiger partial charge on any atom is 0.249 e. The van der Waals surface area contributed by atoms with Crippen molar-refractivity contribution in [2.75, 3.05) is 9.80 Å². The van der Waals surface area contributed by atoms with Crippen LogP contribution in [0.4, 0.5) is 34.1 Å². The molecular weight excluding hydrogens is 866 g/mol. The molecule has 0 unspecified atom stereocenters. The van der Waals surface area contributed by atoms with Crippen molar-refractivity contribution in [3.63, 3.8) is 0 Å². The molecule has 0 radical (unpaired) electrons. The molecule has 314 valence electrons. The number of furan rings is 2. The highest BCUT2D eigenvalue weighted by atomic mass is 32.2. The van der Waals surface area contributed by atoms with Crippen molar-refractivity contribution >= 4 is 148 Å². The second-order valence-corrected chi connectivity index (χ2v) is 20.3. The van der Waals surface area contributed by atoms with E-state index in [1.807, 2.05) is 23.5 Å². The Kier molecular flexibility index (Phi) is 7.63. The summed E-state index contributed by atoms with van der Waals surface area (Å²) >= 11 is 3.78. The average molecular weight is 901 g/mol. The van der Waals surface area contributed by atoms with Crippen LogP contribution in [0.15, 0.2) is 235 Å². The molecule has 0 amide bonds. The predicted molar refractivity (Wildman–Crippen MR) is 286 cm³/mol. The minimum absolute atomic E-state index is 0.0322. The molecule has 0 aliphatic carbocycles. The number of benzene rings is 10. The van der Waals surface area contributed by atoms with E-state index in [1.54, 1.807) is 0 Å². The van der Waals surface area contributed by atoms with Crippen molar-refractivity contribution in [2.24, 2.45) is 0 Å². The summed E-state index contributed by atoms with van der Waals surface area (Å²) in [7, 11) is 0. The van der Waals surface area contributed by atoms with Gasteiger partial charge in [0.15, 0.2) is 0 Å². The van der Waals surface area contributed by atoms with Crippen LogP contribution in [0.5, 0.6) is 0 Å². The summed E-state index contributed by atoms with van der Waals surface area (Å²) < 4.78 is 13.7. The number of hydrogen-bond donors (Lipinski definition) is 0. The normalized spacial score (nSPS) is 13.9. The molecule has 4 nitrogen and oxygen atoms in total. The first-order valence-corrected chi connectivity index (χ1v) is 24.9. The van der Waals surface area contributed by atoms with Crippen LogP contribution < -0.4 is 42.6 Å². The molecular formula is C60H34B2N2O2S2. The quantitative estimate of drug-likeness (QED) is 0.164. The fourth-order valence-corrected chi connectivity index (χ4v) is 14.6. The van der Waals surface area contributed by atoms with E-state index < -0.39 is 0 Å². The molecule has 4 aliphatic heterocycles. The fourth-order valence-electron chi connectivity index (χ4n) is 12.0. The fraction of sp³-hybridized carbons (Fsp3) is 0. The number of para-hydroxylation sites is 4. The molecule has 10 aromatic carbocycles. The summed E-state index contributed by atoms with van der Waals surface area (Å²) in [6, 6.07) is 75.7. The highest BCUT2D eigenvalue weighted by molar-refractivity contribution is 8.00. The van der Waals surface area contributed by atoms with E-state index in [1.165, 1.54) is 68.7 Å². The minimum atomic E-state index is -0.0458. The van der Waals surface area contributed by atoms with E-state index in [2.05, 4.69) is 216 Å². The third kappa shape index (κ3) is 5.00. The van der Waals surface area contributed by atoms with Gasteiger partial charge in [0, 0.05) is 87.3 Å². The highest BCUT2D eigenvalue weighted by Gasteiger charge is 2.47. The summed E-state index contributed by atoms with van der Waals surface area (Å²) in [5, 5.41) is 4.68. The number of rotatable bonds is 3. The van der Waals surface area contributed by atoms with Crippen molar-refractivity contribution in [1.29, 1.82) is 0 Å². The van der Waals surface area contributed by atoms with E-state index in [4.69, 9.17) is 8.83 Å². The smallest absolute Gasteiger partial charge is 0.249 e. The number of fused-ring (bicyclic) bond motifs is 16. The molecule has 0 N–H and O–H groups in total. The van der Waals surface area contributed by atoms with Crippen molar-refractivity contribution in [2.45, 2.75) is 19.6 Å². The van der Waals surface area contributed by atoms with Crippen molar-refractivity contribution < 1.29 is 8.83 Å². The van der Waals surface area contributed by atoms with Gasteiger partial charge >= 0.3 is 0 Å². The van der Waals surface area contributed by atoms with Gasteiger partial charge in [0.2, 0.25) is 13.4 Å². The Bertz CT molecular complexity index is 4150. The largest absolute Gasteiger partial charge is 0.456 e. The van der Waals surface area contributed by atoms with Gasteiger partial charge in [0.1, 0.15) is 22.3 Å². The SMILES string of the molecule is c1ccc(-c2ccccc2N2c3cc4c(cc3B3c5ccccc5Sc5c3c2cc2oc3ccccc3c52)B2c3ccccc3Sc3c2c(cc2oc5ccccc5c32)N4c2ccccc2)cc1. The molecule has 8 heteroatoms. The Morgan fingerprint density at radius 1 is 0.353 bits per heavy atom. The molecule has 12 aromatic rings. The van der Waals surface area contributed by atoms with Crippen molar-refractivity contribution in [1.82, 2.24) is 0 Å².